The van der Waals surface area contributed by atoms with Crippen molar-refractivity contribution < 1.29 is 4.79 Å². The van der Waals surface area contributed by atoms with Crippen LogP contribution in [0.15, 0.2) is 78.9 Å². The monoisotopic (exact) mass is 348 g/mol. The number of carbonyl (C=O) groups is 1. The number of amides is 1. The van der Waals surface area contributed by atoms with Crippen molar-refractivity contribution in [2.24, 2.45) is 0 Å². The second-order valence-electron chi connectivity index (χ2n) is 6.02. The maximum absolute atomic E-state index is 13.0. The molecule has 1 aliphatic heterocycles. The summed E-state index contributed by atoms with van der Waals surface area (Å²) in [5.41, 5.74) is 3.64. The Morgan fingerprint density at radius 2 is 1.56 bits per heavy atom. The van der Waals surface area contributed by atoms with Gasteiger partial charge in [-0.3, -0.25) is 4.79 Å². The molecule has 1 amide bonds. The molecule has 0 radical (unpaired) electrons. The topological polar surface area (TPSA) is 32.3 Å². The number of anilines is 1. The van der Waals surface area contributed by atoms with Gasteiger partial charge in [0.05, 0.1) is 0 Å². The summed E-state index contributed by atoms with van der Waals surface area (Å²) in [6.45, 7) is 0.456. The third kappa shape index (κ3) is 2.99. The van der Waals surface area contributed by atoms with Gasteiger partial charge in [-0.05, 0) is 29.8 Å². The first kappa shape index (κ1) is 15.7. The molecule has 0 aromatic heterocycles. The number of hydrogen-bond donors (Lipinski definition) is 1. The Balaban J connectivity index is 1.71. The molecule has 4 rings (SSSR count). The van der Waals surface area contributed by atoms with Gasteiger partial charge in [0.25, 0.3) is 5.91 Å². The van der Waals surface area contributed by atoms with Gasteiger partial charge in [0.15, 0.2) is 0 Å². The van der Waals surface area contributed by atoms with E-state index in [1.165, 1.54) is 0 Å². The maximum atomic E-state index is 13.0. The van der Waals surface area contributed by atoms with E-state index in [1.807, 2.05) is 83.8 Å². The molecule has 124 valence electrons. The van der Waals surface area contributed by atoms with Crippen LogP contribution in [0.4, 0.5) is 5.69 Å². The molecule has 3 nitrogen and oxygen atoms in total. The molecule has 1 aliphatic rings. The van der Waals surface area contributed by atoms with Gasteiger partial charge < -0.3 is 10.2 Å². The van der Waals surface area contributed by atoms with Gasteiger partial charge in [0.1, 0.15) is 6.17 Å². The molecular formula is C21H17ClN2O. The van der Waals surface area contributed by atoms with E-state index in [0.717, 1.165) is 22.4 Å². The van der Waals surface area contributed by atoms with Crippen molar-refractivity contribution in [2.45, 2.75) is 12.7 Å². The lowest BCUT2D eigenvalue weighted by atomic mass is 10.1. The van der Waals surface area contributed by atoms with Gasteiger partial charge in [-0.1, -0.05) is 66.2 Å². The Morgan fingerprint density at radius 3 is 2.36 bits per heavy atom. The van der Waals surface area contributed by atoms with Crippen LogP contribution in [0.5, 0.6) is 0 Å². The molecule has 1 N–H and O–H groups in total. The highest BCUT2D eigenvalue weighted by atomic mass is 35.5. The Kier molecular flexibility index (Phi) is 4.16. The second kappa shape index (κ2) is 6.61. The molecule has 0 aliphatic carbocycles. The van der Waals surface area contributed by atoms with E-state index >= 15 is 0 Å². The fourth-order valence-electron chi connectivity index (χ4n) is 3.19. The quantitative estimate of drug-likeness (QED) is 0.710. The zero-order chi connectivity index (χ0) is 17.2. The first-order valence-corrected chi connectivity index (χ1v) is 8.57. The van der Waals surface area contributed by atoms with Gasteiger partial charge in [0.2, 0.25) is 0 Å². The van der Waals surface area contributed by atoms with Crippen molar-refractivity contribution in [3.8, 4) is 0 Å². The Morgan fingerprint density at radius 1 is 0.880 bits per heavy atom. The van der Waals surface area contributed by atoms with E-state index in [-0.39, 0.29) is 12.1 Å². The standard InChI is InChI=1S/C21H17ClN2O/c22-19-13-7-4-8-15(19)14-24-20(23-16-9-2-1-3-10-16)17-11-5-6-12-18(17)21(24)25/h1-13,20,23H,14H2. The Labute approximate surface area is 151 Å². The first-order valence-electron chi connectivity index (χ1n) is 8.19. The summed E-state index contributed by atoms with van der Waals surface area (Å²) in [6.07, 6.45) is -0.220. The fourth-order valence-corrected chi connectivity index (χ4v) is 3.39. The van der Waals surface area contributed by atoms with Crippen LogP contribution in [0.3, 0.4) is 0 Å². The fraction of sp³-hybridized carbons (Fsp3) is 0.0952. The molecule has 1 atom stereocenters. The Hall–Kier alpha value is -2.78. The number of nitrogens with zero attached hydrogens (tertiary/aromatic N) is 1. The van der Waals surface area contributed by atoms with Crippen LogP contribution in [0.1, 0.15) is 27.7 Å². The summed E-state index contributed by atoms with van der Waals surface area (Å²) in [5.74, 6) is 0.0175. The smallest absolute Gasteiger partial charge is 0.256 e. The SMILES string of the molecule is O=C1c2ccccc2C(Nc2ccccc2)N1Cc1ccccc1Cl. The summed E-state index contributed by atoms with van der Waals surface area (Å²) < 4.78 is 0. The normalized spacial score (nSPS) is 16.0. The lowest BCUT2D eigenvalue weighted by Crippen LogP contribution is -2.32. The summed E-state index contributed by atoms with van der Waals surface area (Å²) in [7, 11) is 0. The van der Waals surface area contributed by atoms with Crippen molar-refractivity contribution in [1.82, 2.24) is 4.90 Å². The highest BCUT2D eigenvalue weighted by molar-refractivity contribution is 6.31. The lowest BCUT2D eigenvalue weighted by Gasteiger charge is -2.27. The van der Waals surface area contributed by atoms with E-state index in [4.69, 9.17) is 11.6 Å². The molecule has 0 spiro atoms. The van der Waals surface area contributed by atoms with Gasteiger partial charge >= 0.3 is 0 Å². The highest BCUT2D eigenvalue weighted by Gasteiger charge is 2.36. The Bertz CT molecular complexity index is 911. The lowest BCUT2D eigenvalue weighted by molar-refractivity contribution is 0.0729. The predicted molar refractivity (Wildman–Crippen MR) is 101 cm³/mol. The largest absolute Gasteiger partial charge is 0.361 e. The van der Waals surface area contributed by atoms with E-state index in [1.54, 1.807) is 0 Å². The molecule has 25 heavy (non-hydrogen) atoms. The van der Waals surface area contributed by atoms with Crippen LogP contribution in [0.25, 0.3) is 0 Å². The van der Waals surface area contributed by atoms with Crippen LogP contribution in [0, 0.1) is 0 Å². The summed E-state index contributed by atoms with van der Waals surface area (Å²) in [4.78, 5) is 14.8. The van der Waals surface area contributed by atoms with Crippen molar-refractivity contribution in [3.63, 3.8) is 0 Å². The molecule has 0 saturated heterocycles. The molecule has 0 bridgehead atoms. The number of fused-ring (bicyclic) bond motifs is 1. The average Bonchev–Trinajstić information content (AvgIpc) is 2.91. The third-order valence-corrected chi connectivity index (χ3v) is 4.80. The van der Waals surface area contributed by atoms with E-state index in [9.17, 15) is 4.79 Å². The van der Waals surface area contributed by atoms with Crippen LogP contribution in [-0.4, -0.2) is 10.8 Å². The predicted octanol–water partition coefficient (Wildman–Crippen LogP) is 5.11. The molecule has 3 aromatic carbocycles. The average molecular weight is 349 g/mol. The first-order chi connectivity index (χ1) is 12.2. The molecule has 0 fully saturated rings. The second-order valence-corrected chi connectivity index (χ2v) is 6.43. The van der Waals surface area contributed by atoms with Crippen molar-refractivity contribution in [1.29, 1.82) is 0 Å². The van der Waals surface area contributed by atoms with Crippen molar-refractivity contribution >= 4 is 23.2 Å². The van der Waals surface area contributed by atoms with Crippen LogP contribution < -0.4 is 5.32 Å². The van der Waals surface area contributed by atoms with Crippen molar-refractivity contribution in [3.05, 3.63) is 101 Å². The third-order valence-electron chi connectivity index (χ3n) is 4.43. The minimum Gasteiger partial charge on any atom is -0.361 e. The highest BCUT2D eigenvalue weighted by Crippen LogP contribution is 2.36. The van der Waals surface area contributed by atoms with E-state index in [2.05, 4.69) is 5.32 Å². The molecular weight excluding hydrogens is 332 g/mol. The van der Waals surface area contributed by atoms with Gasteiger partial charge in [-0.25, -0.2) is 0 Å². The minimum atomic E-state index is -0.220. The maximum Gasteiger partial charge on any atom is 0.256 e. The summed E-state index contributed by atoms with van der Waals surface area (Å²) in [5, 5.41) is 4.15. The van der Waals surface area contributed by atoms with E-state index in [0.29, 0.717) is 11.6 Å². The molecule has 0 saturated carbocycles. The van der Waals surface area contributed by atoms with E-state index < -0.39 is 0 Å². The molecule has 3 aromatic rings. The summed E-state index contributed by atoms with van der Waals surface area (Å²) >= 11 is 6.31. The zero-order valence-electron chi connectivity index (χ0n) is 13.5. The number of rotatable bonds is 4. The zero-order valence-corrected chi connectivity index (χ0v) is 14.3. The van der Waals surface area contributed by atoms with Crippen molar-refractivity contribution in [2.75, 3.05) is 5.32 Å². The molecule has 4 heteroatoms. The van der Waals surface area contributed by atoms with Crippen LogP contribution in [0.2, 0.25) is 5.02 Å². The van der Waals surface area contributed by atoms with Gasteiger partial charge in [-0.15, -0.1) is 0 Å². The number of hydrogen-bond acceptors (Lipinski definition) is 2. The van der Waals surface area contributed by atoms with Crippen LogP contribution >= 0.6 is 11.6 Å². The number of nitrogens with one attached hydrogen (secondary N) is 1. The van der Waals surface area contributed by atoms with Gasteiger partial charge in [0, 0.05) is 28.4 Å². The molecule has 1 heterocycles. The number of para-hydroxylation sites is 1. The minimum absolute atomic E-state index is 0.0175. The van der Waals surface area contributed by atoms with Gasteiger partial charge in [-0.2, -0.15) is 0 Å². The number of carbonyl (C=O) groups excluding carboxylic acids is 1. The molecule has 1 unspecified atom stereocenters. The summed E-state index contributed by atoms with van der Waals surface area (Å²) in [6, 6.07) is 25.3. The number of halogens is 1. The number of benzene rings is 3. The van der Waals surface area contributed by atoms with Crippen LogP contribution in [-0.2, 0) is 6.54 Å².